The Kier molecular flexibility index (Phi) is 10.6. The summed E-state index contributed by atoms with van der Waals surface area (Å²) in [7, 11) is 0. The third kappa shape index (κ3) is 8.65. The van der Waals surface area contributed by atoms with Gasteiger partial charge in [0.05, 0.1) is 12.2 Å². The minimum Gasteiger partial charge on any atom is -0.462 e. The maximum atomic E-state index is 12.9. The summed E-state index contributed by atoms with van der Waals surface area (Å²) in [6.45, 7) is 11.2. The van der Waals surface area contributed by atoms with E-state index in [0.29, 0.717) is 30.7 Å². The van der Waals surface area contributed by atoms with Crippen LogP contribution in [0, 0.1) is 24.7 Å². The zero-order valence-electron chi connectivity index (χ0n) is 25.9. The standard InChI is InChI=1S/C34H45NO8/c1-20(15-26-19-40-24(5)35-26)9-7-10-22(3)33(39)23(4)28-18-29(36)34(6)30(43-34)14-13-21(2)27-16-25(17-32(38)41-27)11-8-12-31(37)42-28/h7-10,12-15,19,21,23,25,27-30,33,36,39H,11,16-18H2,1-6H3/b9-7+,12-8-,14-13+,20-15+,22-10-. The lowest BCUT2D eigenvalue weighted by Crippen LogP contribution is -2.40. The van der Waals surface area contributed by atoms with Crippen LogP contribution in [0.5, 0.6) is 0 Å². The molecule has 2 saturated heterocycles. The summed E-state index contributed by atoms with van der Waals surface area (Å²) in [5.74, 6) is -0.667. The second-order valence-electron chi connectivity index (χ2n) is 12.4. The highest BCUT2D eigenvalue weighted by Gasteiger charge is 2.57. The number of esters is 2. The van der Waals surface area contributed by atoms with Gasteiger partial charge in [-0.15, -0.1) is 0 Å². The van der Waals surface area contributed by atoms with Crippen molar-refractivity contribution in [2.24, 2.45) is 17.8 Å². The molecule has 0 spiro atoms. The van der Waals surface area contributed by atoms with E-state index in [1.54, 1.807) is 26.2 Å². The number of aryl methyl sites for hydroxylation is 1. The van der Waals surface area contributed by atoms with Gasteiger partial charge in [-0.05, 0) is 56.8 Å². The number of cyclic esters (lactones) is 1. The molecule has 0 aliphatic carbocycles. The molecule has 0 radical (unpaired) electrons. The fraction of sp³-hybridized carbons (Fsp3) is 0.559. The third-order valence-corrected chi connectivity index (χ3v) is 8.76. The van der Waals surface area contributed by atoms with Crippen molar-refractivity contribution in [1.29, 1.82) is 0 Å². The first-order valence-corrected chi connectivity index (χ1v) is 15.1. The van der Waals surface area contributed by atoms with E-state index in [0.717, 1.165) is 11.3 Å². The number of allylic oxidation sites excluding steroid dienone is 5. The highest BCUT2D eigenvalue weighted by Crippen LogP contribution is 2.43. The summed E-state index contributed by atoms with van der Waals surface area (Å²) in [6.07, 6.45) is 14.5. The van der Waals surface area contributed by atoms with E-state index < -0.39 is 35.8 Å². The highest BCUT2D eigenvalue weighted by atomic mass is 16.6. The van der Waals surface area contributed by atoms with Crippen molar-refractivity contribution in [3.05, 3.63) is 71.5 Å². The van der Waals surface area contributed by atoms with Gasteiger partial charge in [-0.2, -0.15) is 0 Å². The molecule has 9 unspecified atom stereocenters. The Labute approximate surface area is 254 Å². The van der Waals surface area contributed by atoms with E-state index >= 15 is 0 Å². The number of nitrogens with zero attached hydrogens (tertiary/aromatic N) is 1. The van der Waals surface area contributed by atoms with Crippen molar-refractivity contribution in [3.63, 3.8) is 0 Å². The monoisotopic (exact) mass is 595 g/mol. The molecule has 4 heterocycles. The normalized spacial score (nSPS) is 35.4. The highest BCUT2D eigenvalue weighted by molar-refractivity contribution is 5.82. The van der Waals surface area contributed by atoms with Crippen molar-refractivity contribution in [2.45, 2.75) is 103 Å². The van der Waals surface area contributed by atoms with Gasteiger partial charge in [-0.25, -0.2) is 9.78 Å². The van der Waals surface area contributed by atoms with Crippen molar-refractivity contribution in [1.82, 2.24) is 4.98 Å². The molecule has 0 aromatic carbocycles. The number of carbonyl (C=O) groups excluding carboxylic acids is 2. The summed E-state index contributed by atoms with van der Waals surface area (Å²) >= 11 is 0. The van der Waals surface area contributed by atoms with Crippen LogP contribution in [-0.4, -0.2) is 63.3 Å². The van der Waals surface area contributed by atoms with Gasteiger partial charge in [0, 0.05) is 37.7 Å². The summed E-state index contributed by atoms with van der Waals surface area (Å²) in [5.41, 5.74) is 1.51. The number of hydrogen-bond donors (Lipinski definition) is 2. The number of epoxide rings is 1. The van der Waals surface area contributed by atoms with Gasteiger partial charge in [0.15, 0.2) is 5.89 Å². The molecule has 9 nitrogen and oxygen atoms in total. The van der Waals surface area contributed by atoms with E-state index in [9.17, 15) is 19.8 Å². The molecular weight excluding hydrogens is 550 g/mol. The summed E-state index contributed by atoms with van der Waals surface area (Å²) in [6, 6.07) is 0. The second-order valence-corrected chi connectivity index (χ2v) is 12.4. The first-order valence-electron chi connectivity index (χ1n) is 15.1. The van der Waals surface area contributed by atoms with Crippen LogP contribution in [0.15, 0.2) is 64.4 Å². The first kappa shape index (κ1) is 32.6. The van der Waals surface area contributed by atoms with Gasteiger partial charge in [0.25, 0.3) is 0 Å². The van der Waals surface area contributed by atoms with Gasteiger partial charge < -0.3 is 28.8 Å². The molecule has 9 heteroatoms. The van der Waals surface area contributed by atoms with Crippen LogP contribution in [0.3, 0.4) is 0 Å². The van der Waals surface area contributed by atoms with Crippen LogP contribution in [0.1, 0.15) is 71.9 Å². The molecule has 0 saturated carbocycles. The molecule has 0 amide bonds. The number of aromatic nitrogens is 1. The number of oxazole rings is 1. The molecule has 234 valence electrons. The fourth-order valence-electron chi connectivity index (χ4n) is 5.72. The van der Waals surface area contributed by atoms with E-state index in [1.165, 1.54) is 6.08 Å². The topological polar surface area (TPSA) is 132 Å². The van der Waals surface area contributed by atoms with Crippen molar-refractivity contribution >= 4 is 18.0 Å². The zero-order valence-corrected chi connectivity index (χ0v) is 25.9. The Morgan fingerprint density at radius 2 is 1.95 bits per heavy atom. The number of aliphatic hydroxyl groups excluding tert-OH is 2. The SMILES string of the molecule is C/C(=C/C=C/C(C)=C/c1coc(C)n1)C(O)C(C)C1CC(O)C2(C)OC2/C=C/C(C)C2CC(C/C=C\C(=O)O1)CC(=O)O2. The minimum absolute atomic E-state index is 0.0169. The van der Waals surface area contributed by atoms with E-state index in [2.05, 4.69) is 4.98 Å². The first-order chi connectivity index (χ1) is 20.4. The zero-order chi connectivity index (χ0) is 31.3. The van der Waals surface area contributed by atoms with Crippen LogP contribution in [0.2, 0.25) is 0 Å². The second kappa shape index (κ2) is 14.0. The molecule has 1 aromatic heterocycles. The van der Waals surface area contributed by atoms with Gasteiger partial charge in [0.2, 0.25) is 0 Å². The molecule has 2 N–H and O–H groups in total. The molecule has 2 bridgehead atoms. The van der Waals surface area contributed by atoms with E-state index in [4.69, 9.17) is 18.6 Å². The number of hydrogen-bond acceptors (Lipinski definition) is 9. The molecule has 3 aliphatic rings. The lowest BCUT2D eigenvalue weighted by molar-refractivity contribution is -0.158. The lowest BCUT2D eigenvalue weighted by Gasteiger charge is -2.31. The number of ether oxygens (including phenoxy) is 3. The van der Waals surface area contributed by atoms with Crippen LogP contribution in [0.4, 0.5) is 0 Å². The number of rotatable bonds is 6. The van der Waals surface area contributed by atoms with Crippen LogP contribution >= 0.6 is 0 Å². The number of aliphatic hydroxyl groups is 2. The third-order valence-electron chi connectivity index (χ3n) is 8.76. The maximum Gasteiger partial charge on any atom is 0.330 e. The Morgan fingerprint density at radius 1 is 1.19 bits per heavy atom. The molecule has 9 atom stereocenters. The van der Waals surface area contributed by atoms with Gasteiger partial charge in [-0.3, -0.25) is 4.79 Å². The van der Waals surface area contributed by atoms with Crippen molar-refractivity contribution in [3.8, 4) is 0 Å². The Balaban J connectivity index is 1.49. The minimum atomic E-state index is -0.948. The summed E-state index contributed by atoms with van der Waals surface area (Å²) < 4.78 is 22.6. The molecule has 43 heavy (non-hydrogen) atoms. The maximum absolute atomic E-state index is 12.9. The Hall–Kier alpha value is -3.27. The van der Waals surface area contributed by atoms with Gasteiger partial charge in [0.1, 0.15) is 35.9 Å². The molecule has 4 rings (SSSR count). The predicted octanol–water partition coefficient (Wildman–Crippen LogP) is 5.18. The predicted molar refractivity (Wildman–Crippen MR) is 161 cm³/mol. The lowest BCUT2D eigenvalue weighted by atomic mass is 9.85. The summed E-state index contributed by atoms with van der Waals surface area (Å²) in [5, 5.41) is 22.4. The Morgan fingerprint density at radius 3 is 2.67 bits per heavy atom. The Bertz CT molecular complexity index is 1300. The van der Waals surface area contributed by atoms with Crippen LogP contribution in [-0.2, 0) is 23.8 Å². The average Bonchev–Trinajstić information content (AvgIpc) is 3.46. The number of carbonyl (C=O) groups is 2. The van der Waals surface area contributed by atoms with Crippen LogP contribution in [0.25, 0.3) is 6.08 Å². The largest absolute Gasteiger partial charge is 0.462 e. The molecule has 1 aromatic rings. The van der Waals surface area contributed by atoms with Crippen molar-refractivity contribution in [2.75, 3.05) is 0 Å². The smallest absolute Gasteiger partial charge is 0.330 e. The average molecular weight is 596 g/mol. The summed E-state index contributed by atoms with van der Waals surface area (Å²) in [4.78, 5) is 29.4. The van der Waals surface area contributed by atoms with E-state index in [1.807, 2.05) is 64.2 Å². The van der Waals surface area contributed by atoms with Gasteiger partial charge in [-0.1, -0.05) is 50.3 Å². The van der Waals surface area contributed by atoms with Crippen molar-refractivity contribution < 1.29 is 38.4 Å². The number of fused-ring (bicyclic) bond motifs is 3. The molecule has 2 fully saturated rings. The van der Waals surface area contributed by atoms with Crippen LogP contribution < -0.4 is 0 Å². The fourth-order valence-corrected chi connectivity index (χ4v) is 5.72. The quantitative estimate of drug-likeness (QED) is 0.198. The van der Waals surface area contributed by atoms with Gasteiger partial charge >= 0.3 is 11.9 Å². The molecule has 3 aliphatic heterocycles. The molecular formula is C34H45NO8. The van der Waals surface area contributed by atoms with E-state index in [-0.39, 0.29) is 36.4 Å².